The SMILES string of the molecule is COC(=O)c1ccc(CNCCC2CC2)cc1.Cl. The topological polar surface area (TPSA) is 38.3 Å². The number of methoxy groups -OCH3 is 1. The number of nitrogens with one attached hydrogen (secondary N) is 1. The lowest BCUT2D eigenvalue weighted by Crippen LogP contribution is -2.15. The Hall–Kier alpha value is -1.06. The van der Waals surface area contributed by atoms with Crippen LogP contribution < -0.4 is 5.32 Å². The predicted molar refractivity (Wildman–Crippen MR) is 74.1 cm³/mol. The number of benzene rings is 1. The minimum Gasteiger partial charge on any atom is -0.465 e. The molecule has 0 aromatic heterocycles. The van der Waals surface area contributed by atoms with Gasteiger partial charge in [0.05, 0.1) is 12.7 Å². The van der Waals surface area contributed by atoms with E-state index in [0.717, 1.165) is 19.0 Å². The molecule has 0 atom stereocenters. The Labute approximate surface area is 114 Å². The van der Waals surface area contributed by atoms with Gasteiger partial charge in [0, 0.05) is 6.54 Å². The van der Waals surface area contributed by atoms with Crippen molar-refractivity contribution in [2.45, 2.75) is 25.8 Å². The summed E-state index contributed by atoms with van der Waals surface area (Å²) in [5, 5.41) is 3.42. The highest BCUT2D eigenvalue weighted by molar-refractivity contribution is 5.89. The summed E-state index contributed by atoms with van der Waals surface area (Å²) in [7, 11) is 1.40. The van der Waals surface area contributed by atoms with E-state index in [1.54, 1.807) is 0 Å². The summed E-state index contributed by atoms with van der Waals surface area (Å²) in [6.45, 7) is 1.96. The second-order valence-electron chi connectivity index (χ2n) is 4.60. The van der Waals surface area contributed by atoms with Crippen LogP contribution in [0.15, 0.2) is 24.3 Å². The molecule has 3 nitrogen and oxygen atoms in total. The molecule has 1 saturated carbocycles. The normalized spacial score (nSPS) is 13.8. The molecular weight excluding hydrogens is 250 g/mol. The summed E-state index contributed by atoms with van der Waals surface area (Å²) < 4.78 is 4.65. The van der Waals surface area contributed by atoms with Gasteiger partial charge >= 0.3 is 5.97 Å². The zero-order chi connectivity index (χ0) is 12.1. The molecule has 0 unspecified atom stereocenters. The van der Waals surface area contributed by atoms with E-state index in [2.05, 4.69) is 10.1 Å². The number of esters is 1. The average Bonchev–Trinajstić information content (AvgIpc) is 3.18. The van der Waals surface area contributed by atoms with Crippen LogP contribution in [-0.2, 0) is 11.3 Å². The van der Waals surface area contributed by atoms with Crippen molar-refractivity contribution in [2.75, 3.05) is 13.7 Å². The first kappa shape index (κ1) is 15.0. The van der Waals surface area contributed by atoms with E-state index >= 15 is 0 Å². The molecule has 1 aliphatic rings. The summed E-state index contributed by atoms with van der Waals surface area (Å²) in [4.78, 5) is 11.2. The summed E-state index contributed by atoms with van der Waals surface area (Å²) in [5.41, 5.74) is 1.81. The van der Waals surface area contributed by atoms with Gasteiger partial charge in [0.25, 0.3) is 0 Å². The first-order chi connectivity index (χ1) is 8.29. The highest BCUT2D eigenvalue weighted by atomic mass is 35.5. The number of halogens is 1. The van der Waals surface area contributed by atoms with E-state index in [-0.39, 0.29) is 18.4 Å². The fraction of sp³-hybridized carbons (Fsp3) is 0.500. The first-order valence-electron chi connectivity index (χ1n) is 6.17. The van der Waals surface area contributed by atoms with Gasteiger partial charge in [0.15, 0.2) is 0 Å². The zero-order valence-corrected chi connectivity index (χ0v) is 11.5. The number of hydrogen-bond acceptors (Lipinski definition) is 3. The molecule has 1 N–H and O–H groups in total. The van der Waals surface area contributed by atoms with Crippen LogP contribution in [0.25, 0.3) is 0 Å². The van der Waals surface area contributed by atoms with E-state index in [0.29, 0.717) is 5.56 Å². The van der Waals surface area contributed by atoms with Crippen molar-refractivity contribution >= 4 is 18.4 Å². The molecule has 0 amide bonds. The van der Waals surface area contributed by atoms with Gasteiger partial charge < -0.3 is 10.1 Å². The molecule has 1 aromatic carbocycles. The summed E-state index contributed by atoms with van der Waals surface area (Å²) in [5.74, 6) is 0.697. The molecule has 1 fully saturated rings. The van der Waals surface area contributed by atoms with Gasteiger partial charge in [-0.2, -0.15) is 0 Å². The van der Waals surface area contributed by atoms with Crippen molar-refractivity contribution in [3.05, 3.63) is 35.4 Å². The Morgan fingerprint density at radius 1 is 1.33 bits per heavy atom. The van der Waals surface area contributed by atoms with Gasteiger partial charge in [-0.05, 0) is 36.6 Å². The van der Waals surface area contributed by atoms with E-state index in [4.69, 9.17) is 0 Å². The Bertz CT molecular complexity index is 374. The van der Waals surface area contributed by atoms with Gasteiger partial charge in [0.1, 0.15) is 0 Å². The molecular formula is C14H20ClNO2. The molecule has 0 radical (unpaired) electrons. The fourth-order valence-corrected chi connectivity index (χ4v) is 1.82. The first-order valence-corrected chi connectivity index (χ1v) is 6.17. The molecule has 0 saturated heterocycles. The van der Waals surface area contributed by atoms with Gasteiger partial charge in [-0.3, -0.25) is 0 Å². The van der Waals surface area contributed by atoms with Gasteiger partial charge in [-0.1, -0.05) is 25.0 Å². The fourth-order valence-electron chi connectivity index (χ4n) is 1.82. The Kier molecular flexibility index (Phi) is 6.16. The molecule has 4 heteroatoms. The van der Waals surface area contributed by atoms with Crippen LogP contribution >= 0.6 is 12.4 Å². The van der Waals surface area contributed by atoms with E-state index < -0.39 is 0 Å². The summed E-state index contributed by atoms with van der Waals surface area (Å²) >= 11 is 0. The van der Waals surface area contributed by atoms with E-state index in [9.17, 15) is 4.79 Å². The lowest BCUT2D eigenvalue weighted by atomic mass is 10.1. The van der Waals surface area contributed by atoms with Gasteiger partial charge in [-0.15, -0.1) is 12.4 Å². The van der Waals surface area contributed by atoms with E-state index in [1.165, 1.54) is 31.9 Å². The largest absolute Gasteiger partial charge is 0.465 e. The number of carbonyl (C=O) groups excluding carboxylic acids is 1. The zero-order valence-electron chi connectivity index (χ0n) is 10.6. The molecule has 1 aliphatic carbocycles. The van der Waals surface area contributed by atoms with Crippen molar-refractivity contribution in [1.29, 1.82) is 0 Å². The molecule has 2 rings (SSSR count). The smallest absolute Gasteiger partial charge is 0.337 e. The van der Waals surface area contributed by atoms with Crippen molar-refractivity contribution in [2.24, 2.45) is 5.92 Å². The molecule has 100 valence electrons. The molecule has 0 spiro atoms. The molecule has 0 aliphatic heterocycles. The maximum absolute atomic E-state index is 11.2. The Morgan fingerprint density at radius 2 is 2.00 bits per heavy atom. The molecule has 0 heterocycles. The Morgan fingerprint density at radius 3 is 2.56 bits per heavy atom. The molecule has 1 aromatic rings. The minimum absolute atomic E-state index is 0. The lowest BCUT2D eigenvalue weighted by molar-refractivity contribution is 0.0600. The monoisotopic (exact) mass is 269 g/mol. The average molecular weight is 270 g/mol. The van der Waals surface area contributed by atoms with Crippen molar-refractivity contribution < 1.29 is 9.53 Å². The van der Waals surface area contributed by atoms with Crippen LogP contribution in [0, 0.1) is 5.92 Å². The maximum Gasteiger partial charge on any atom is 0.337 e. The third-order valence-corrected chi connectivity index (χ3v) is 3.13. The van der Waals surface area contributed by atoms with Crippen molar-refractivity contribution in [3.63, 3.8) is 0 Å². The second kappa shape index (κ2) is 7.39. The highest BCUT2D eigenvalue weighted by Crippen LogP contribution is 2.31. The lowest BCUT2D eigenvalue weighted by Gasteiger charge is -2.05. The van der Waals surface area contributed by atoms with Gasteiger partial charge in [-0.25, -0.2) is 4.79 Å². The van der Waals surface area contributed by atoms with Crippen molar-refractivity contribution in [3.8, 4) is 0 Å². The van der Waals surface area contributed by atoms with Crippen LogP contribution in [0.3, 0.4) is 0 Å². The minimum atomic E-state index is -0.279. The second-order valence-corrected chi connectivity index (χ2v) is 4.60. The van der Waals surface area contributed by atoms with E-state index in [1.807, 2.05) is 24.3 Å². The Balaban J connectivity index is 0.00000162. The third-order valence-electron chi connectivity index (χ3n) is 3.13. The number of ether oxygens (including phenoxy) is 1. The molecule has 0 bridgehead atoms. The highest BCUT2D eigenvalue weighted by Gasteiger charge is 2.19. The summed E-state index contributed by atoms with van der Waals surface area (Å²) in [6, 6.07) is 7.56. The third kappa shape index (κ3) is 4.67. The number of carbonyl (C=O) groups is 1. The maximum atomic E-state index is 11.2. The van der Waals surface area contributed by atoms with Crippen LogP contribution in [0.1, 0.15) is 35.2 Å². The quantitative estimate of drug-likeness (QED) is 0.638. The predicted octanol–water partition coefficient (Wildman–Crippen LogP) is 2.78. The van der Waals surface area contributed by atoms with Crippen LogP contribution in [0.5, 0.6) is 0 Å². The summed E-state index contributed by atoms with van der Waals surface area (Å²) in [6.07, 6.45) is 4.12. The number of rotatable bonds is 6. The standard InChI is InChI=1S/C14H19NO2.ClH/c1-17-14(16)13-6-4-12(5-7-13)10-15-9-8-11-2-3-11;/h4-7,11,15H,2-3,8-10H2,1H3;1H. The van der Waals surface area contributed by atoms with Crippen LogP contribution in [0.2, 0.25) is 0 Å². The van der Waals surface area contributed by atoms with Crippen molar-refractivity contribution in [1.82, 2.24) is 5.32 Å². The van der Waals surface area contributed by atoms with Crippen LogP contribution in [0.4, 0.5) is 0 Å². The van der Waals surface area contributed by atoms with Gasteiger partial charge in [0.2, 0.25) is 0 Å². The van der Waals surface area contributed by atoms with Crippen LogP contribution in [-0.4, -0.2) is 19.6 Å². The molecule has 18 heavy (non-hydrogen) atoms. The number of hydrogen-bond donors (Lipinski definition) is 1.